The molecule has 0 bridgehead atoms. The van der Waals surface area contributed by atoms with Gasteiger partial charge in [-0.25, -0.2) is 0 Å². The predicted octanol–water partition coefficient (Wildman–Crippen LogP) is 1.39. The van der Waals surface area contributed by atoms with Crippen LogP contribution in [0.15, 0.2) is 24.3 Å². The van der Waals surface area contributed by atoms with Gasteiger partial charge in [-0.15, -0.1) is 0 Å². The van der Waals surface area contributed by atoms with E-state index < -0.39 is 0 Å². The summed E-state index contributed by atoms with van der Waals surface area (Å²) in [5.41, 5.74) is 8.06. The molecule has 0 saturated carbocycles. The first kappa shape index (κ1) is 14.7. The highest BCUT2D eigenvalue weighted by molar-refractivity contribution is 5.72. The van der Waals surface area contributed by atoms with Gasteiger partial charge in [0, 0.05) is 19.6 Å². The number of carbonyl (C=O) groups excluding carboxylic acids is 1. The van der Waals surface area contributed by atoms with Crippen LogP contribution in [0.2, 0.25) is 0 Å². The molecule has 4 nitrogen and oxygen atoms in total. The first-order valence-electron chi connectivity index (χ1n) is 6.11. The molecule has 0 aliphatic carbocycles. The SMILES string of the molecule is COC(=O)C(C)CN(C)Cc1ccccc1CN. The number of esters is 1. The van der Waals surface area contributed by atoms with Crippen molar-refractivity contribution in [2.45, 2.75) is 20.0 Å². The fourth-order valence-electron chi connectivity index (χ4n) is 2.01. The van der Waals surface area contributed by atoms with Gasteiger partial charge in [0.1, 0.15) is 0 Å². The maximum absolute atomic E-state index is 11.4. The number of nitrogens with zero attached hydrogens (tertiary/aromatic N) is 1. The lowest BCUT2D eigenvalue weighted by molar-refractivity contribution is -0.145. The Labute approximate surface area is 109 Å². The zero-order valence-electron chi connectivity index (χ0n) is 11.3. The second-order valence-electron chi connectivity index (χ2n) is 4.59. The molecule has 1 rings (SSSR count). The summed E-state index contributed by atoms with van der Waals surface area (Å²) >= 11 is 0. The zero-order chi connectivity index (χ0) is 13.5. The molecular formula is C14H22N2O2. The summed E-state index contributed by atoms with van der Waals surface area (Å²) in [7, 11) is 3.41. The molecule has 1 atom stereocenters. The lowest BCUT2D eigenvalue weighted by atomic mass is 10.1. The van der Waals surface area contributed by atoms with Crippen molar-refractivity contribution < 1.29 is 9.53 Å². The van der Waals surface area contributed by atoms with Crippen molar-refractivity contribution in [2.75, 3.05) is 20.7 Å². The number of rotatable bonds is 6. The van der Waals surface area contributed by atoms with E-state index in [1.54, 1.807) is 0 Å². The molecule has 1 aromatic rings. The van der Waals surface area contributed by atoms with Crippen molar-refractivity contribution in [3.05, 3.63) is 35.4 Å². The Bertz CT molecular complexity index is 393. The minimum absolute atomic E-state index is 0.120. The molecule has 0 saturated heterocycles. The Kier molecular flexibility index (Phi) is 5.82. The van der Waals surface area contributed by atoms with Crippen LogP contribution in [0.5, 0.6) is 0 Å². The fourth-order valence-corrected chi connectivity index (χ4v) is 2.01. The zero-order valence-corrected chi connectivity index (χ0v) is 11.3. The number of ether oxygens (including phenoxy) is 1. The Morgan fingerprint density at radius 2 is 2.00 bits per heavy atom. The van der Waals surface area contributed by atoms with Crippen molar-refractivity contribution in [2.24, 2.45) is 11.7 Å². The van der Waals surface area contributed by atoms with Crippen LogP contribution < -0.4 is 5.73 Å². The van der Waals surface area contributed by atoms with E-state index in [2.05, 4.69) is 11.0 Å². The molecule has 2 N–H and O–H groups in total. The molecular weight excluding hydrogens is 228 g/mol. The highest BCUT2D eigenvalue weighted by Crippen LogP contribution is 2.11. The average Bonchev–Trinajstić information content (AvgIpc) is 2.38. The normalized spacial score (nSPS) is 12.5. The molecule has 0 aliphatic rings. The summed E-state index contributed by atoms with van der Waals surface area (Å²) in [5.74, 6) is -0.293. The van der Waals surface area contributed by atoms with Gasteiger partial charge in [-0.1, -0.05) is 31.2 Å². The van der Waals surface area contributed by atoms with E-state index in [-0.39, 0.29) is 11.9 Å². The Balaban J connectivity index is 2.59. The van der Waals surface area contributed by atoms with Crippen molar-refractivity contribution in [3.63, 3.8) is 0 Å². The second kappa shape index (κ2) is 7.13. The lowest BCUT2D eigenvalue weighted by Gasteiger charge is -2.21. The third-order valence-electron chi connectivity index (χ3n) is 2.97. The van der Waals surface area contributed by atoms with Crippen LogP contribution in [-0.2, 0) is 22.6 Å². The largest absolute Gasteiger partial charge is 0.469 e. The summed E-state index contributed by atoms with van der Waals surface area (Å²) in [6, 6.07) is 8.10. The van der Waals surface area contributed by atoms with Gasteiger partial charge in [-0.05, 0) is 18.2 Å². The van der Waals surface area contributed by atoms with Crippen LogP contribution in [0, 0.1) is 5.92 Å². The first-order valence-corrected chi connectivity index (χ1v) is 6.11. The molecule has 4 heteroatoms. The number of hydrogen-bond acceptors (Lipinski definition) is 4. The summed E-state index contributed by atoms with van der Waals surface area (Å²) in [5, 5.41) is 0. The Morgan fingerprint density at radius 3 is 2.56 bits per heavy atom. The highest BCUT2D eigenvalue weighted by atomic mass is 16.5. The smallest absolute Gasteiger partial charge is 0.309 e. The summed E-state index contributed by atoms with van der Waals surface area (Å²) in [4.78, 5) is 13.5. The van der Waals surface area contributed by atoms with E-state index in [1.807, 2.05) is 32.2 Å². The van der Waals surface area contributed by atoms with Gasteiger partial charge in [0.25, 0.3) is 0 Å². The second-order valence-corrected chi connectivity index (χ2v) is 4.59. The molecule has 18 heavy (non-hydrogen) atoms. The molecule has 1 unspecified atom stereocenters. The monoisotopic (exact) mass is 250 g/mol. The van der Waals surface area contributed by atoms with Crippen molar-refractivity contribution in [1.82, 2.24) is 4.90 Å². The van der Waals surface area contributed by atoms with Gasteiger partial charge in [0.15, 0.2) is 0 Å². The van der Waals surface area contributed by atoms with E-state index in [0.717, 1.165) is 12.1 Å². The summed E-state index contributed by atoms with van der Waals surface area (Å²) in [6.45, 7) is 3.87. The summed E-state index contributed by atoms with van der Waals surface area (Å²) in [6.07, 6.45) is 0. The van der Waals surface area contributed by atoms with E-state index in [0.29, 0.717) is 13.1 Å². The van der Waals surface area contributed by atoms with Gasteiger partial charge in [0.2, 0.25) is 0 Å². The van der Waals surface area contributed by atoms with Gasteiger partial charge in [-0.3, -0.25) is 4.79 Å². The molecule has 0 amide bonds. The van der Waals surface area contributed by atoms with Gasteiger partial charge in [0.05, 0.1) is 13.0 Å². The maximum Gasteiger partial charge on any atom is 0.309 e. The molecule has 0 heterocycles. The molecule has 0 spiro atoms. The van der Waals surface area contributed by atoms with Crippen LogP contribution >= 0.6 is 0 Å². The number of benzene rings is 1. The minimum Gasteiger partial charge on any atom is -0.469 e. The number of methoxy groups -OCH3 is 1. The topological polar surface area (TPSA) is 55.6 Å². The molecule has 0 aliphatic heterocycles. The van der Waals surface area contributed by atoms with Gasteiger partial charge >= 0.3 is 5.97 Å². The average molecular weight is 250 g/mol. The maximum atomic E-state index is 11.4. The third-order valence-corrected chi connectivity index (χ3v) is 2.97. The molecule has 1 aromatic carbocycles. The quantitative estimate of drug-likeness (QED) is 0.775. The van der Waals surface area contributed by atoms with E-state index in [9.17, 15) is 4.79 Å². The van der Waals surface area contributed by atoms with Crippen LogP contribution in [0.3, 0.4) is 0 Å². The number of carbonyl (C=O) groups is 1. The van der Waals surface area contributed by atoms with Gasteiger partial charge in [-0.2, -0.15) is 0 Å². The van der Waals surface area contributed by atoms with Crippen LogP contribution in [0.25, 0.3) is 0 Å². The predicted molar refractivity (Wildman–Crippen MR) is 71.8 cm³/mol. The van der Waals surface area contributed by atoms with E-state index >= 15 is 0 Å². The summed E-state index contributed by atoms with van der Waals surface area (Å²) < 4.78 is 4.72. The van der Waals surface area contributed by atoms with Crippen molar-refractivity contribution in [3.8, 4) is 0 Å². The van der Waals surface area contributed by atoms with Crippen LogP contribution in [-0.4, -0.2) is 31.6 Å². The van der Waals surface area contributed by atoms with E-state index in [4.69, 9.17) is 10.5 Å². The van der Waals surface area contributed by atoms with E-state index in [1.165, 1.54) is 12.7 Å². The third kappa shape index (κ3) is 4.13. The highest BCUT2D eigenvalue weighted by Gasteiger charge is 2.15. The Morgan fingerprint density at radius 1 is 1.39 bits per heavy atom. The molecule has 0 fully saturated rings. The molecule has 100 valence electrons. The van der Waals surface area contributed by atoms with Crippen molar-refractivity contribution in [1.29, 1.82) is 0 Å². The number of nitrogens with two attached hydrogens (primary N) is 1. The Hall–Kier alpha value is -1.39. The minimum atomic E-state index is -0.172. The molecule has 0 aromatic heterocycles. The van der Waals surface area contributed by atoms with Crippen LogP contribution in [0.1, 0.15) is 18.1 Å². The number of hydrogen-bond donors (Lipinski definition) is 1. The van der Waals surface area contributed by atoms with Crippen molar-refractivity contribution >= 4 is 5.97 Å². The van der Waals surface area contributed by atoms with Gasteiger partial charge < -0.3 is 15.4 Å². The first-order chi connectivity index (χ1) is 8.58. The fraction of sp³-hybridized carbons (Fsp3) is 0.500. The molecule has 0 radical (unpaired) electrons. The standard InChI is InChI=1S/C14H22N2O2/c1-11(14(17)18-3)9-16(2)10-13-7-5-4-6-12(13)8-15/h4-7,11H,8-10,15H2,1-3H3. The lowest BCUT2D eigenvalue weighted by Crippen LogP contribution is -2.29. The van der Waals surface area contributed by atoms with Crippen LogP contribution in [0.4, 0.5) is 0 Å².